The van der Waals surface area contributed by atoms with E-state index in [9.17, 15) is 8.42 Å². The summed E-state index contributed by atoms with van der Waals surface area (Å²) in [5.74, 6) is 0.101. The van der Waals surface area contributed by atoms with Crippen LogP contribution in [0.3, 0.4) is 0 Å². The van der Waals surface area contributed by atoms with Crippen LogP contribution in [0.25, 0.3) is 0 Å². The molecule has 0 amide bonds. The van der Waals surface area contributed by atoms with E-state index >= 15 is 0 Å². The van der Waals surface area contributed by atoms with Gasteiger partial charge in [-0.05, 0) is 32.1 Å². The highest BCUT2D eigenvalue weighted by atomic mass is 32.2. The Morgan fingerprint density at radius 3 is 2.06 bits per heavy atom. The van der Waals surface area contributed by atoms with Gasteiger partial charge in [0.2, 0.25) is 10.0 Å². The first-order valence-electron chi connectivity index (χ1n) is 5.92. The first-order chi connectivity index (χ1) is 8.06. The smallest absolute Gasteiger partial charge is 0.209 e. The summed E-state index contributed by atoms with van der Waals surface area (Å²) in [6.07, 6.45) is 7.65. The molecule has 2 N–H and O–H groups in total. The van der Waals surface area contributed by atoms with Crippen LogP contribution in [0.4, 0.5) is 0 Å². The molecule has 1 heterocycles. The second-order valence-corrected chi connectivity index (χ2v) is 5.59. The molecule has 0 saturated carbocycles. The van der Waals surface area contributed by atoms with Crippen LogP contribution < -0.4 is 5.14 Å². The number of allylic oxidation sites excluding steroid dienone is 1. The van der Waals surface area contributed by atoms with Gasteiger partial charge in [-0.2, -0.15) is 0 Å². The van der Waals surface area contributed by atoms with Gasteiger partial charge >= 0.3 is 0 Å². The highest BCUT2D eigenvalue weighted by Gasteiger charge is 2.00. The summed E-state index contributed by atoms with van der Waals surface area (Å²) in [4.78, 5) is 9.14. The molecule has 0 aromatic rings. The number of hydrogen-bond donors (Lipinski definition) is 1. The monoisotopic (exact) mass is 265 g/mol. The van der Waals surface area contributed by atoms with Crippen molar-refractivity contribution in [2.75, 3.05) is 19.0 Å². The standard InChI is InChI=1S/C7H15NO2S.C4H8O2/c1-2-3-4-5-6-7-11(8,9)10;1-2-4-6-5-3-1/h2H,1,3-7H2,(H2,8,9,10);1-4H2. The summed E-state index contributed by atoms with van der Waals surface area (Å²) in [6, 6.07) is 0. The zero-order valence-corrected chi connectivity index (χ0v) is 11.1. The van der Waals surface area contributed by atoms with Gasteiger partial charge in [0.1, 0.15) is 0 Å². The predicted octanol–water partition coefficient (Wildman–Crippen LogP) is 1.75. The molecule has 0 aliphatic carbocycles. The van der Waals surface area contributed by atoms with Gasteiger partial charge in [0.25, 0.3) is 0 Å². The van der Waals surface area contributed by atoms with Crippen LogP contribution in [-0.2, 0) is 19.8 Å². The maximum Gasteiger partial charge on any atom is 0.209 e. The molecule has 0 aromatic carbocycles. The van der Waals surface area contributed by atoms with Crippen LogP contribution in [0.15, 0.2) is 12.7 Å². The van der Waals surface area contributed by atoms with Gasteiger partial charge in [-0.3, -0.25) is 0 Å². The van der Waals surface area contributed by atoms with Crippen molar-refractivity contribution in [2.24, 2.45) is 5.14 Å². The van der Waals surface area contributed by atoms with E-state index in [4.69, 9.17) is 5.14 Å². The molecule has 17 heavy (non-hydrogen) atoms. The largest absolute Gasteiger partial charge is 0.237 e. The van der Waals surface area contributed by atoms with Crippen molar-refractivity contribution in [1.29, 1.82) is 0 Å². The van der Waals surface area contributed by atoms with Gasteiger partial charge in [-0.1, -0.05) is 12.5 Å². The van der Waals surface area contributed by atoms with Crippen LogP contribution >= 0.6 is 0 Å². The van der Waals surface area contributed by atoms with Gasteiger partial charge in [-0.25, -0.2) is 23.3 Å². The number of hydrogen-bond acceptors (Lipinski definition) is 4. The van der Waals surface area contributed by atoms with E-state index in [1.54, 1.807) is 0 Å². The Morgan fingerprint density at radius 2 is 1.71 bits per heavy atom. The number of unbranched alkanes of at least 4 members (excludes halogenated alkanes) is 3. The second kappa shape index (κ2) is 10.7. The average Bonchev–Trinajstić information content (AvgIpc) is 2.30. The SMILES string of the molecule is C1CCOOC1.C=CCCCCCS(N)(=O)=O. The molecule has 0 aromatic heterocycles. The predicted molar refractivity (Wildman–Crippen MR) is 67.8 cm³/mol. The van der Waals surface area contributed by atoms with E-state index in [0.29, 0.717) is 6.42 Å². The van der Waals surface area contributed by atoms with E-state index in [2.05, 4.69) is 16.4 Å². The van der Waals surface area contributed by atoms with Gasteiger partial charge in [0.15, 0.2) is 0 Å². The zero-order valence-electron chi connectivity index (χ0n) is 10.3. The summed E-state index contributed by atoms with van der Waals surface area (Å²) < 4.78 is 20.8. The van der Waals surface area contributed by atoms with Gasteiger partial charge in [0, 0.05) is 0 Å². The van der Waals surface area contributed by atoms with Crippen LogP contribution in [0, 0.1) is 0 Å². The van der Waals surface area contributed by atoms with E-state index < -0.39 is 10.0 Å². The van der Waals surface area contributed by atoms with Crippen LogP contribution in [-0.4, -0.2) is 27.4 Å². The van der Waals surface area contributed by atoms with Crippen molar-refractivity contribution in [1.82, 2.24) is 0 Å². The Morgan fingerprint density at radius 1 is 1.12 bits per heavy atom. The van der Waals surface area contributed by atoms with Crippen molar-refractivity contribution < 1.29 is 18.2 Å². The zero-order chi connectivity index (χ0) is 13.0. The summed E-state index contributed by atoms with van der Waals surface area (Å²) >= 11 is 0. The molecule has 0 unspecified atom stereocenters. The normalized spacial score (nSPS) is 15.8. The number of sulfonamides is 1. The second-order valence-electron chi connectivity index (χ2n) is 3.86. The Balaban J connectivity index is 0.000000354. The Kier molecular flexibility index (Phi) is 10.4. The molecular formula is C11H23NO4S. The van der Waals surface area contributed by atoms with Crippen molar-refractivity contribution >= 4 is 10.0 Å². The molecule has 5 nitrogen and oxygen atoms in total. The van der Waals surface area contributed by atoms with Crippen LogP contribution in [0.5, 0.6) is 0 Å². The maximum atomic E-state index is 10.4. The highest BCUT2D eigenvalue weighted by molar-refractivity contribution is 7.89. The Hall–Kier alpha value is -0.430. The minimum absolute atomic E-state index is 0.101. The molecule has 0 bridgehead atoms. The average molecular weight is 265 g/mol. The van der Waals surface area contributed by atoms with Crippen molar-refractivity contribution in [3.05, 3.63) is 12.7 Å². The Labute approximate surface area is 104 Å². The van der Waals surface area contributed by atoms with E-state index in [1.165, 1.54) is 0 Å². The lowest BCUT2D eigenvalue weighted by atomic mass is 10.2. The molecular weight excluding hydrogens is 242 g/mol. The van der Waals surface area contributed by atoms with Gasteiger partial charge < -0.3 is 0 Å². The highest BCUT2D eigenvalue weighted by Crippen LogP contribution is 2.00. The lowest BCUT2D eigenvalue weighted by molar-refractivity contribution is -0.312. The molecule has 1 aliphatic heterocycles. The molecule has 0 spiro atoms. The quantitative estimate of drug-likeness (QED) is 0.451. The van der Waals surface area contributed by atoms with Crippen LogP contribution in [0.2, 0.25) is 0 Å². The molecule has 0 atom stereocenters. The molecule has 1 fully saturated rings. The number of rotatable bonds is 6. The summed E-state index contributed by atoms with van der Waals surface area (Å²) in [5.41, 5.74) is 0. The van der Waals surface area contributed by atoms with E-state index in [0.717, 1.165) is 45.3 Å². The van der Waals surface area contributed by atoms with E-state index in [1.807, 2.05) is 6.08 Å². The lowest BCUT2D eigenvalue weighted by Crippen LogP contribution is -2.16. The molecule has 1 saturated heterocycles. The minimum atomic E-state index is -3.24. The first-order valence-corrected chi connectivity index (χ1v) is 7.63. The molecule has 1 aliphatic rings. The fraction of sp³-hybridized carbons (Fsp3) is 0.818. The maximum absolute atomic E-state index is 10.4. The number of nitrogens with two attached hydrogens (primary N) is 1. The number of primary sulfonamides is 1. The van der Waals surface area contributed by atoms with Crippen molar-refractivity contribution in [3.63, 3.8) is 0 Å². The fourth-order valence-electron chi connectivity index (χ4n) is 1.21. The molecule has 6 heteroatoms. The third kappa shape index (κ3) is 15.6. The topological polar surface area (TPSA) is 78.6 Å². The fourth-order valence-corrected chi connectivity index (χ4v) is 1.82. The lowest BCUT2D eigenvalue weighted by Gasteiger charge is -2.07. The van der Waals surface area contributed by atoms with E-state index in [-0.39, 0.29) is 5.75 Å². The molecule has 0 radical (unpaired) electrons. The third-order valence-electron chi connectivity index (χ3n) is 2.13. The third-order valence-corrected chi connectivity index (χ3v) is 2.98. The van der Waals surface area contributed by atoms with Crippen molar-refractivity contribution in [3.8, 4) is 0 Å². The molecule has 102 valence electrons. The molecule has 1 rings (SSSR count). The van der Waals surface area contributed by atoms with Crippen LogP contribution in [0.1, 0.15) is 38.5 Å². The Bertz CT molecular complexity index is 262. The summed E-state index contributed by atoms with van der Waals surface area (Å²) in [7, 11) is -3.24. The summed E-state index contributed by atoms with van der Waals surface area (Å²) in [5, 5.41) is 4.80. The first kappa shape index (κ1) is 16.6. The minimum Gasteiger partial charge on any atom is -0.237 e. The van der Waals surface area contributed by atoms with Gasteiger partial charge in [-0.15, -0.1) is 6.58 Å². The van der Waals surface area contributed by atoms with Crippen molar-refractivity contribution in [2.45, 2.75) is 38.5 Å². The summed E-state index contributed by atoms with van der Waals surface area (Å²) in [6.45, 7) is 5.12. The van der Waals surface area contributed by atoms with Gasteiger partial charge in [0.05, 0.1) is 19.0 Å².